The molecule has 0 heterocycles. The van der Waals surface area contributed by atoms with Gasteiger partial charge in [0, 0.05) is 21.2 Å². The van der Waals surface area contributed by atoms with Gasteiger partial charge < -0.3 is 9.47 Å². The molecule has 0 bridgehead atoms. The predicted molar refractivity (Wildman–Crippen MR) is 121 cm³/mol. The molecule has 3 aromatic rings. The van der Waals surface area contributed by atoms with Gasteiger partial charge in [0.2, 0.25) is 9.84 Å². The van der Waals surface area contributed by atoms with E-state index in [1.54, 1.807) is 60.7 Å². The second-order valence-electron chi connectivity index (χ2n) is 6.30. The molecule has 31 heavy (non-hydrogen) atoms. The molecular formula is C23H17Cl2NO4S. The molecule has 0 saturated heterocycles. The lowest BCUT2D eigenvalue weighted by atomic mass is 10.1. The van der Waals surface area contributed by atoms with E-state index in [4.69, 9.17) is 32.7 Å². The molecule has 0 aliphatic heterocycles. The summed E-state index contributed by atoms with van der Waals surface area (Å²) in [4.78, 5) is -0.399. The van der Waals surface area contributed by atoms with Crippen molar-refractivity contribution in [3.63, 3.8) is 0 Å². The number of ether oxygens (including phenoxy) is 2. The molecule has 8 heteroatoms. The first-order chi connectivity index (χ1) is 14.9. The summed E-state index contributed by atoms with van der Waals surface area (Å²) in [6.07, 6.45) is 1.26. The smallest absolute Gasteiger partial charge is 0.216 e. The van der Waals surface area contributed by atoms with Gasteiger partial charge >= 0.3 is 0 Å². The van der Waals surface area contributed by atoms with E-state index in [1.165, 1.54) is 25.3 Å². The van der Waals surface area contributed by atoms with Crippen LogP contribution in [0.5, 0.6) is 11.5 Å². The topological polar surface area (TPSA) is 76.4 Å². The molecule has 0 fully saturated rings. The van der Waals surface area contributed by atoms with Crippen LogP contribution in [0.3, 0.4) is 0 Å². The van der Waals surface area contributed by atoms with Crippen LogP contribution in [0.4, 0.5) is 0 Å². The fourth-order valence-corrected chi connectivity index (χ4v) is 4.49. The number of allylic oxidation sites excluding steroid dienone is 1. The maximum Gasteiger partial charge on any atom is 0.216 e. The van der Waals surface area contributed by atoms with Gasteiger partial charge in [-0.15, -0.1) is 0 Å². The summed E-state index contributed by atoms with van der Waals surface area (Å²) < 4.78 is 37.1. The molecule has 0 aliphatic rings. The number of rotatable bonds is 7. The van der Waals surface area contributed by atoms with Crippen LogP contribution in [-0.4, -0.2) is 15.5 Å². The van der Waals surface area contributed by atoms with Crippen LogP contribution < -0.4 is 9.47 Å². The zero-order chi connectivity index (χ0) is 22.4. The molecule has 158 valence electrons. The Kier molecular flexibility index (Phi) is 7.24. The van der Waals surface area contributed by atoms with E-state index >= 15 is 0 Å². The Hall–Kier alpha value is -2.98. The highest BCUT2D eigenvalue weighted by molar-refractivity contribution is 7.95. The minimum atomic E-state index is -4.00. The van der Waals surface area contributed by atoms with Crippen LogP contribution in [-0.2, 0) is 16.4 Å². The molecule has 0 amide bonds. The van der Waals surface area contributed by atoms with Crippen LogP contribution in [0.1, 0.15) is 11.1 Å². The number of hydrogen-bond donors (Lipinski definition) is 0. The Balaban J connectivity index is 2.04. The van der Waals surface area contributed by atoms with Crippen molar-refractivity contribution in [1.29, 1.82) is 5.26 Å². The maximum atomic E-state index is 12.9. The molecule has 0 atom stereocenters. The summed E-state index contributed by atoms with van der Waals surface area (Å²) in [6.45, 7) is 0.0209. The highest BCUT2D eigenvalue weighted by atomic mass is 35.5. The Morgan fingerprint density at radius 3 is 2.26 bits per heavy atom. The van der Waals surface area contributed by atoms with Crippen molar-refractivity contribution in [2.75, 3.05) is 7.11 Å². The van der Waals surface area contributed by atoms with Crippen molar-refractivity contribution in [3.05, 3.63) is 92.8 Å². The van der Waals surface area contributed by atoms with Gasteiger partial charge in [0.15, 0.2) is 11.5 Å². The number of nitrogens with zero attached hydrogens (tertiary/aromatic N) is 1. The molecule has 3 aromatic carbocycles. The van der Waals surface area contributed by atoms with Gasteiger partial charge in [-0.25, -0.2) is 8.42 Å². The quantitative estimate of drug-likeness (QED) is 0.398. The summed E-state index contributed by atoms with van der Waals surface area (Å²) in [6, 6.07) is 19.6. The van der Waals surface area contributed by atoms with E-state index in [-0.39, 0.29) is 17.3 Å². The third-order valence-electron chi connectivity index (χ3n) is 4.39. The number of nitriles is 1. The van der Waals surface area contributed by atoms with Gasteiger partial charge in [-0.05, 0) is 36.4 Å². The number of hydrogen-bond acceptors (Lipinski definition) is 5. The highest BCUT2D eigenvalue weighted by Crippen LogP contribution is 2.35. The second-order valence-corrected chi connectivity index (χ2v) is 9.04. The van der Waals surface area contributed by atoms with E-state index < -0.39 is 14.7 Å². The zero-order valence-electron chi connectivity index (χ0n) is 16.4. The Morgan fingerprint density at radius 2 is 1.65 bits per heavy atom. The Labute approximate surface area is 191 Å². The zero-order valence-corrected chi connectivity index (χ0v) is 18.7. The minimum absolute atomic E-state index is 0.0209. The Bertz CT molecular complexity index is 1250. The van der Waals surface area contributed by atoms with Gasteiger partial charge in [0.05, 0.1) is 12.0 Å². The molecule has 0 saturated carbocycles. The molecule has 0 aliphatic carbocycles. The summed E-state index contributed by atoms with van der Waals surface area (Å²) >= 11 is 12.4. The molecule has 0 N–H and O–H groups in total. The lowest BCUT2D eigenvalue weighted by Gasteiger charge is -2.15. The van der Waals surface area contributed by atoms with E-state index in [0.717, 1.165) is 0 Å². The summed E-state index contributed by atoms with van der Waals surface area (Å²) in [5.41, 5.74) is 0.933. The SMILES string of the molecule is COc1cccc(C=C(C#N)S(=O)(=O)c2ccccc2)c1OCc1c(Cl)cccc1Cl. The normalized spacial score (nSPS) is 11.6. The number of para-hydroxylation sites is 1. The third-order valence-corrected chi connectivity index (χ3v) is 6.78. The molecule has 0 aromatic heterocycles. The molecule has 0 unspecified atom stereocenters. The van der Waals surface area contributed by atoms with Crippen LogP contribution in [0.2, 0.25) is 10.0 Å². The Morgan fingerprint density at radius 1 is 1.00 bits per heavy atom. The van der Waals surface area contributed by atoms with E-state index in [0.29, 0.717) is 26.9 Å². The van der Waals surface area contributed by atoms with Gasteiger partial charge in [-0.1, -0.05) is 59.6 Å². The summed E-state index contributed by atoms with van der Waals surface area (Å²) in [5.74, 6) is 0.628. The average molecular weight is 474 g/mol. The van der Waals surface area contributed by atoms with Crippen molar-refractivity contribution in [2.24, 2.45) is 0 Å². The number of halogens is 2. The van der Waals surface area contributed by atoms with E-state index in [1.807, 2.05) is 0 Å². The van der Waals surface area contributed by atoms with Gasteiger partial charge in [0.25, 0.3) is 0 Å². The number of benzene rings is 3. The van der Waals surface area contributed by atoms with Crippen LogP contribution in [0.15, 0.2) is 76.5 Å². The molecule has 3 rings (SSSR count). The van der Waals surface area contributed by atoms with Crippen molar-refractivity contribution in [2.45, 2.75) is 11.5 Å². The average Bonchev–Trinajstić information content (AvgIpc) is 2.78. The van der Waals surface area contributed by atoms with Crippen molar-refractivity contribution < 1.29 is 17.9 Å². The molecular weight excluding hydrogens is 457 g/mol. The van der Waals surface area contributed by atoms with Gasteiger partial charge in [0.1, 0.15) is 17.6 Å². The van der Waals surface area contributed by atoms with Crippen molar-refractivity contribution >= 4 is 39.1 Å². The van der Waals surface area contributed by atoms with Crippen LogP contribution in [0.25, 0.3) is 6.08 Å². The largest absolute Gasteiger partial charge is 0.493 e. The fraction of sp³-hybridized carbons (Fsp3) is 0.0870. The predicted octanol–water partition coefficient (Wildman–Crippen LogP) is 5.92. The van der Waals surface area contributed by atoms with Crippen molar-refractivity contribution in [1.82, 2.24) is 0 Å². The standard InChI is InChI=1S/C23H17Cl2NO4S/c1-29-22-12-5-7-16(23(22)30-15-19-20(24)10-6-11-21(19)25)13-18(14-26)31(27,28)17-8-3-2-4-9-17/h2-13H,15H2,1H3. The van der Waals surface area contributed by atoms with Gasteiger partial charge in [-0.2, -0.15) is 5.26 Å². The van der Waals surface area contributed by atoms with E-state index in [9.17, 15) is 13.7 Å². The van der Waals surface area contributed by atoms with Crippen LogP contribution in [0, 0.1) is 11.3 Å². The summed E-state index contributed by atoms with van der Waals surface area (Å²) in [7, 11) is -2.54. The maximum absolute atomic E-state index is 12.9. The third kappa shape index (κ3) is 5.02. The molecule has 0 radical (unpaired) electrons. The highest BCUT2D eigenvalue weighted by Gasteiger charge is 2.22. The number of methoxy groups -OCH3 is 1. The summed E-state index contributed by atoms with van der Waals surface area (Å²) in [5, 5.41) is 10.4. The lowest BCUT2D eigenvalue weighted by Crippen LogP contribution is -2.04. The van der Waals surface area contributed by atoms with E-state index in [2.05, 4.69) is 0 Å². The van der Waals surface area contributed by atoms with Gasteiger partial charge in [-0.3, -0.25) is 0 Å². The first-order valence-corrected chi connectivity index (χ1v) is 11.3. The van der Waals surface area contributed by atoms with Crippen LogP contribution >= 0.6 is 23.2 Å². The number of sulfone groups is 1. The first kappa shape index (κ1) is 22.7. The first-order valence-electron chi connectivity index (χ1n) is 9.03. The fourth-order valence-electron chi connectivity index (χ4n) is 2.81. The minimum Gasteiger partial charge on any atom is -0.493 e. The second kappa shape index (κ2) is 9.88. The monoisotopic (exact) mass is 473 g/mol. The molecule has 5 nitrogen and oxygen atoms in total. The van der Waals surface area contributed by atoms with Crippen molar-refractivity contribution in [3.8, 4) is 17.6 Å². The molecule has 0 spiro atoms. The lowest BCUT2D eigenvalue weighted by molar-refractivity contribution is 0.284.